The Kier molecular flexibility index (Phi) is 8.20. The molecule has 208 valence electrons. The van der Waals surface area contributed by atoms with E-state index in [9.17, 15) is 22.8 Å². The number of fused-ring (bicyclic) bond motifs is 2. The second kappa shape index (κ2) is 10.9. The highest BCUT2D eigenvalue weighted by atomic mass is 35.5. The molecule has 5 aliphatic rings. The van der Waals surface area contributed by atoms with Gasteiger partial charge in [0, 0.05) is 16.5 Å². The molecule has 4 fully saturated rings. The van der Waals surface area contributed by atoms with Crippen molar-refractivity contribution in [2.75, 3.05) is 7.05 Å². The summed E-state index contributed by atoms with van der Waals surface area (Å²) in [6.45, 7) is 4.00. The van der Waals surface area contributed by atoms with E-state index in [1.807, 2.05) is 20.9 Å². The fourth-order valence-corrected chi connectivity index (χ4v) is 5.87. The Morgan fingerprint density at radius 3 is 2.50 bits per heavy atom. The molecule has 0 amide bonds. The predicted molar refractivity (Wildman–Crippen MR) is 131 cm³/mol. The van der Waals surface area contributed by atoms with E-state index in [-0.39, 0.29) is 41.9 Å². The number of aromatic nitrogens is 2. The number of carbonyl (C=O) groups excluding carboxylic acids is 2. The smallest absolute Gasteiger partial charge is 0.482 e. The van der Waals surface area contributed by atoms with Gasteiger partial charge in [0.05, 0.1) is 23.5 Å². The van der Waals surface area contributed by atoms with Crippen LogP contribution in [0.15, 0.2) is 22.6 Å². The third-order valence-electron chi connectivity index (χ3n) is 7.66. The summed E-state index contributed by atoms with van der Waals surface area (Å²) in [6, 6.07) is 4.78. The van der Waals surface area contributed by atoms with Crippen LogP contribution in [-0.4, -0.2) is 53.4 Å². The third-order valence-corrected chi connectivity index (χ3v) is 7.90. The maximum absolute atomic E-state index is 12.1. The zero-order valence-electron chi connectivity index (χ0n) is 21.4. The lowest BCUT2D eigenvalue weighted by Gasteiger charge is -2.45. The second-order valence-electron chi connectivity index (χ2n) is 10.0. The van der Waals surface area contributed by atoms with Crippen molar-refractivity contribution in [3.05, 3.63) is 40.6 Å². The van der Waals surface area contributed by atoms with Crippen LogP contribution < -0.4 is 10.1 Å². The van der Waals surface area contributed by atoms with E-state index in [0.717, 1.165) is 25.7 Å². The van der Waals surface area contributed by atoms with Crippen LogP contribution >= 0.6 is 11.6 Å². The van der Waals surface area contributed by atoms with Gasteiger partial charge in [-0.2, -0.15) is 0 Å². The summed E-state index contributed by atoms with van der Waals surface area (Å²) in [5, 5.41) is 12.1. The van der Waals surface area contributed by atoms with Crippen LogP contribution in [0.4, 0.5) is 13.2 Å². The molecule has 1 N–H and O–H groups in total. The van der Waals surface area contributed by atoms with Gasteiger partial charge in [0.1, 0.15) is 5.75 Å². The van der Waals surface area contributed by atoms with Gasteiger partial charge in [0.25, 0.3) is 0 Å². The van der Waals surface area contributed by atoms with Gasteiger partial charge in [-0.05, 0) is 63.8 Å². The van der Waals surface area contributed by atoms with Crippen molar-refractivity contribution < 1.29 is 36.7 Å². The summed E-state index contributed by atoms with van der Waals surface area (Å²) in [6.07, 6.45) is -0.574. The number of halogens is 4. The summed E-state index contributed by atoms with van der Waals surface area (Å²) in [5.41, 5.74) is 0.659. The molecule has 7 rings (SSSR count). The molecule has 2 bridgehead atoms. The zero-order valence-corrected chi connectivity index (χ0v) is 22.2. The predicted octanol–water partition coefficient (Wildman–Crippen LogP) is 5.53. The van der Waals surface area contributed by atoms with Gasteiger partial charge in [-0.1, -0.05) is 25.4 Å². The molecular formula is C26H31ClF3N3O5. The van der Waals surface area contributed by atoms with Gasteiger partial charge in [-0.3, -0.25) is 14.3 Å². The Bertz CT molecular complexity index is 1160. The number of ketones is 1. The number of rotatable bonds is 5. The topological polar surface area (TPSA) is 104 Å². The number of alkyl halides is 3. The lowest BCUT2D eigenvalue weighted by atomic mass is 9.65. The molecule has 1 aromatic heterocycles. The highest BCUT2D eigenvalue weighted by Gasteiger charge is 2.63. The van der Waals surface area contributed by atoms with Crippen molar-refractivity contribution in [3.8, 4) is 5.75 Å². The first-order valence-corrected chi connectivity index (χ1v) is 13.1. The average molecular weight is 558 g/mol. The lowest BCUT2D eigenvalue weighted by Crippen LogP contribution is -2.54. The number of hydrogen-bond acceptors (Lipinski definition) is 8. The Balaban J connectivity index is 0.000000182. The molecule has 8 nitrogen and oxygen atoms in total. The highest BCUT2D eigenvalue weighted by molar-refractivity contribution is 6.31. The molecule has 0 saturated heterocycles. The number of ether oxygens (including phenoxy) is 2. The number of carbonyl (C=O) groups is 2. The molecule has 2 heterocycles. The number of aldehydes is 1. The van der Waals surface area contributed by atoms with Crippen LogP contribution in [-0.2, 0) is 14.9 Å². The van der Waals surface area contributed by atoms with Crippen LogP contribution in [0.1, 0.15) is 86.9 Å². The number of nitrogens with zero attached hydrogens (tertiary/aromatic N) is 2. The van der Waals surface area contributed by atoms with Crippen LogP contribution in [0.2, 0.25) is 5.02 Å². The average Bonchev–Trinajstić information content (AvgIpc) is 3.57. The number of nitrogens with one attached hydrogen (secondary N) is 1. The fourth-order valence-electron chi connectivity index (χ4n) is 5.70. The van der Waals surface area contributed by atoms with E-state index in [4.69, 9.17) is 20.8 Å². The lowest BCUT2D eigenvalue weighted by molar-refractivity contribution is -0.352. The quantitative estimate of drug-likeness (QED) is 0.478. The highest BCUT2D eigenvalue weighted by Crippen LogP contribution is 2.62. The van der Waals surface area contributed by atoms with E-state index < -0.39 is 18.6 Å². The van der Waals surface area contributed by atoms with Crippen LogP contribution in [0, 0.1) is 0 Å². The van der Waals surface area contributed by atoms with E-state index in [1.165, 1.54) is 0 Å². The normalized spacial score (nSPS) is 30.8. The molecule has 12 heteroatoms. The zero-order chi connectivity index (χ0) is 27.7. The Labute approximate surface area is 223 Å². The Morgan fingerprint density at radius 2 is 1.89 bits per heavy atom. The third kappa shape index (κ3) is 5.74. The molecule has 38 heavy (non-hydrogen) atoms. The Morgan fingerprint density at radius 1 is 1.18 bits per heavy atom. The molecule has 0 radical (unpaired) electrons. The summed E-state index contributed by atoms with van der Waals surface area (Å²) >= 11 is 5.73. The molecule has 4 aliphatic carbocycles. The molecule has 1 aliphatic heterocycles. The minimum Gasteiger partial charge on any atom is -0.482 e. The molecule has 1 unspecified atom stereocenters. The molecule has 1 aromatic carbocycles. The first kappa shape index (κ1) is 28.5. The van der Waals surface area contributed by atoms with Crippen LogP contribution in [0.3, 0.4) is 0 Å². The number of benzene rings is 1. The van der Waals surface area contributed by atoms with E-state index in [2.05, 4.69) is 20.3 Å². The van der Waals surface area contributed by atoms with Crippen LogP contribution in [0.5, 0.6) is 5.75 Å². The summed E-state index contributed by atoms with van der Waals surface area (Å²) < 4.78 is 51.4. The van der Waals surface area contributed by atoms with E-state index in [0.29, 0.717) is 34.4 Å². The van der Waals surface area contributed by atoms with E-state index >= 15 is 0 Å². The van der Waals surface area contributed by atoms with Gasteiger partial charge in [-0.15, -0.1) is 23.4 Å². The van der Waals surface area contributed by atoms with Crippen molar-refractivity contribution >= 4 is 23.7 Å². The fraction of sp³-hybridized carbons (Fsp3) is 0.615. The van der Waals surface area contributed by atoms with Gasteiger partial charge in [-0.25, -0.2) is 0 Å². The second-order valence-corrected chi connectivity index (χ2v) is 10.5. The largest absolute Gasteiger partial charge is 0.522 e. The maximum atomic E-state index is 12.1. The minimum absolute atomic E-state index is 0.0140. The molecule has 4 saturated carbocycles. The number of Topliss-reactive ketones (excluding diaryl/α,β-unsaturated/α-hetero) is 1. The molecule has 2 aromatic rings. The first-order valence-electron chi connectivity index (χ1n) is 12.8. The maximum Gasteiger partial charge on any atom is 0.522 e. The SMILES string of the molecule is CC.CNC12CCC(c3nnc(C4CC(OC(F)(F)F)C4)o3)(C1)C2.O=CC1CC(=O)c2cc(Cl)ccc2O1. The molecule has 1 atom stereocenters. The summed E-state index contributed by atoms with van der Waals surface area (Å²) in [5.74, 6) is 1.33. The van der Waals surface area contributed by atoms with Crippen LogP contribution in [0.25, 0.3) is 0 Å². The summed E-state index contributed by atoms with van der Waals surface area (Å²) in [7, 11) is 1.98. The van der Waals surface area contributed by atoms with Crippen molar-refractivity contribution in [1.29, 1.82) is 0 Å². The first-order chi connectivity index (χ1) is 18.0. The molecule has 0 spiro atoms. The van der Waals surface area contributed by atoms with Gasteiger partial charge < -0.3 is 14.5 Å². The van der Waals surface area contributed by atoms with Crippen molar-refractivity contribution in [2.45, 2.75) is 94.2 Å². The summed E-state index contributed by atoms with van der Waals surface area (Å²) in [4.78, 5) is 22.0. The minimum atomic E-state index is -4.57. The van der Waals surface area contributed by atoms with Crippen molar-refractivity contribution in [3.63, 3.8) is 0 Å². The van der Waals surface area contributed by atoms with Gasteiger partial charge >= 0.3 is 6.36 Å². The van der Waals surface area contributed by atoms with Gasteiger partial charge in [0.2, 0.25) is 11.8 Å². The van der Waals surface area contributed by atoms with Crippen molar-refractivity contribution in [2.24, 2.45) is 0 Å². The Hall–Kier alpha value is -2.50. The number of hydrogen-bond donors (Lipinski definition) is 1. The van der Waals surface area contributed by atoms with E-state index in [1.54, 1.807) is 18.2 Å². The van der Waals surface area contributed by atoms with Gasteiger partial charge in [0.15, 0.2) is 18.2 Å². The van der Waals surface area contributed by atoms with Crippen molar-refractivity contribution in [1.82, 2.24) is 15.5 Å². The molecular weight excluding hydrogens is 527 g/mol. The monoisotopic (exact) mass is 557 g/mol. The standard InChI is InChI=1S/C14H18F3N3O2.C10H7ClO3.C2H6/c1-18-13-3-2-12(6-13,7-13)11-20-19-10(21-11)8-4-9(5-8)22-14(15,16)17;11-6-1-2-10-8(3-6)9(13)4-7(5-12)14-10;1-2/h8-9,18H,2-7H2,1H3;1-3,5,7H,4H2;1-2H3.